The number of nitrogens with one attached hydrogen (secondary N) is 1. The topological polar surface area (TPSA) is 46.4 Å². The third kappa shape index (κ3) is 4.23. The second-order valence-electron chi connectivity index (χ2n) is 7.47. The number of carbonyl (C=O) groups is 1. The van der Waals surface area contributed by atoms with Crippen LogP contribution in [0.1, 0.15) is 28.1 Å². The summed E-state index contributed by atoms with van der Waals surface area (Å²) in [5, 5.41) is 4.18. The van der Waals surface area contributed by atoms with Crippen LogP contribution < -0.4 is 5.32 Å². The average Bonchev–Trinajstić information content (AvgIpc) is 3.14. The van der Waals surface area contributed by atoms with Gasteiger partial charge in [-0.1, -0.05) is 17.7 Å². The largest absolute Gasteiger partial charge is 0.318 e. The normalized spacial score (nSPS) is 16.5. The molecule has 0 spiro atoms. The molecule has 4 nitrogen and oxygen atoms in total. The molecule has 2 heterocycles. The summed E-state index contributed by atoms with van der Waals surface area (Å²) in [6.07, 6.45) is 1.93. The third-order valence-corrected chi connectivity index (χ3v) is 6.09. The minimum Gasteiger partial charge on any atom is -0.318 e. The van der Waals surface area contributed by atoms with Crippen molar-refractivity contribution in [2.24, 2.45) is 4.99 Å². The number of aryl methyl sites for hydroxylation is 3. The number of halogens is 1. The summed E-state index contributed by atoms with van der Waals surface area (Å²) in [6, 6.07) is 15.9. The Kier molecular flexibility index (Phi) is 5.58. The van der Waals surface area contributed by atoms with Crippen molar-refractivity contribution in [2.45, 2.75) is 27.7 Å². The Bertz CT molecular complexity index is 1190. The zero-order chi connectivity index (χ0) is 21.4. The summed E-state index contributed by atoms with van der Waals surface area (Å²) in [5.41, 5.74) is 7.35. The Balaban J connectivity index is 1.64. The Morgan fingerprint density at radius 3 is 2.33 bits per heavy atom. The summed E-state index contributed by atoms with van der Waals surface area (Å²) in [7, 11) is 0. The molecule has 1 aliphatic heterocycles. The van der Waals surface area contributed by atoms with Crippen molar-refractivity contribution in [3.05, 3.63) is 86.5 Å². The van der Waals surface area contributed by atoms with Crippen molar-refractivity contribution in [1.82, 2.24) is 9.88 Å². The molecule has 30 heavy (non-hydrogen) atoms. The number of amides is 1. The highest BCUT2D eigenvalue weighted by Crippen LogP contribution is 2.31. The van der Waals surface area contributed by atoms with Crippen LogP contribution in [-0.2, 0) is 4.79 Å². The lowest BCUT2D eigenvalue weighted by molar-refractivity contribution is -0.115. The smallest absolute Gasteiger partial charge is 0.264 e. The molecule has 1 saturated heterocycles. The van der Waals surface area contributed by atoms with Crippen molar-refractivity contribution in [1.29, 1.82) is 0 Å². The molecule has 1 aliphatic rings. The molecule has 1 fully saturated rings. The highest BCUT2D eigenvalue weighted by Gasteiger charge is 2.24. The van der Waals surface area contributed by atoms with Crippen molar-refractivity contribution < 1.29 is 4.79 Å². The summed E-state index contributed by atoms with van der Waals surface area (Å²) in [5.74, 6) is -0.126. The monoisotopic (exact) mass is 435 g/mol. The van der Waals surface area contributed by atoms with E-state index in [9.17, 15) is 4.79 Å². The van der Waals surface area contributed by atoms with Gasteiger partial charge in [0.1, 0.15) is 0 Å². The summed E-state index contributed by atoms with van der Waals surface area (Å²) < 4.78 is 2.16. The first-order valence-electron chi connectivity index (χ1n) is 9.63. The Morgan fingerprint density at radius 1 is 1.00 bits per heavy atom. The van der Waals surface area contributed by atoms with Crippen LogP contribution in [0, 0.1) is 27.7 Å². The van der Waals surface area contributed by atoms with Crippen LogP contribution in [0.25, 0.3) is 11.8 Å². The molecule has 0 aliphatic carbocycles. The molecule has 2 aromatic carbocycles. The van der Waals surface area contributed by atoms with E-state index in [2.05, 4.69) is 40.9 Å². The van der Waals surface area contributed by atoms with Crippen molar-refractivity contribution >= 4 is 46.2 Å². The number of amidine groups is 1. The lowest BCUT2D eigenvalue weighted by Crippen LogP contribution is -2.19. The van der Waals surface area contributed by atoms with E-state index >= 15 is 0 Å². The quantitative estimate of drug-likeness (QED) is 0.494. The van der Waals surface area contributed by atoms with E-state index in [1.165, 1.54) is 11.8 Å². The summed E-state index contributed by atoms with van der Waals surface area (Å²) in [4.78, 5) is 17.8. The fourth-order valence-electron chi connectivity index (χ4n) is 3.68. The fourth-order valence-corrected chi connectivity index (χ4v) is 4.63. The number of carbonyl (C=O) groups excluding carboxylic acids is 1. The van der Waals surface area contributed by atoms with Gasteiger partial charge in [-0.2, -0.15) is 0 Å². The zero-order valence-electron chi connectivity index (χ0n) is 17.3. The maximum absolute atomic E-state index is 12.5. The summed E-state index contributed by atoms with van der Waals surface area (Å²) in [6.45, 7) is 8.19. The Labute approximate surface area is 185 Å². The molecule has 0 bridgehead atoms. The van der Waals surface area contributed by atoms with Gasteiger partial charge in [0, 0.05) is 22.1 Å². The number of thioether (sulfide) groups is 1. The second kappa shape index (κ2) is 8.17. The number of hydrogen-bond acceptors (Lipinski definition) is 3. The SMILES string of the molecule is Cc1cc(C)cc(N=C2NC(=O)/C(=C/c3cc(C)n(-c4ccc(Cl)cc4)c3C)S2)c1. The molecule has 1 amide bonds. The first kappa shape index (κ1) is 20.5. The molecule has 6 heteroatoms. The van der Waals surface area contributed by atoms with Gasteiger partial charge in [0.25, 0.3) is 5.91 Å². The van der Waals surface area contributed by atoms with Gasteiger partial charge in [0.05, 0.1) is 10.6 Å². The Morgan fingerprint density at radius 2 is 1.67 bits per heavy atom. The Hall–Kier alpha value is -2.76. The van der Waals surface area contributed by atoms with Gasteiger partial charge in [-0.25, -0.2) is 4.99 Å². The van der Waals surface area contributed by atoms with Gasteiger partial charge < -0.3 is 9.88 Å². The van der Waals surface area contributed by atoms with E-state index in [1.54, 1.807) is 0 Å². The predicted molar refractivity (Wildman–Crippen MR) is 127 cm³/mol. The molecule has 0 radical (unpaired) electrons. The van der Waals surface area contributed by atoms with Crippen molar-refractivity contribution in [2.75, 3.05) is 0 Å². The first-order chi connectivity index (χ1) is 14.3. The number of rotatable bonds is 3. The molecule has 4 rings (SSSR count). The average molecular weight is 436 g/mol. The lowest BCUT2D eigenvalue weighted by Gasteiger charge is -2.09. The molecule has 152 valence electrons. The predicted octanol–water partition coefficient (Wildman–Crippen LogP) is 6.26. The van der Waals surface area contributed by atoms with E-state index in [0.29, 0.717) is 15.1 Å². The minimum absolute atomic E-state index is 0.126. The zero-order valence-corrected chi connectivity index (χ0v) is 18.9. The number of aliphatic imine (C=N–C) groups is 1. The fraction of sp³-hybridized carbons (Fsp3) is 0.167. The van der Waals surface area contributed by atoms with Crippen molar-refractivity contribution in [3.8, 4) is 5.69 Å². The van der Waals surface area contributed by atoms with Gasteiger partial charge in [-0.15, -0.1) is 0 Å². The van der Waals surface area contributed by atoms with Crippen LogP contribution in [0.4, 0.5) is 5.69 Å². The van der Waals surface area contributed by atoms with Crippen LogP contribution in [0.5, 0.6) is 0 Å². The number of nitrogens with zero attached hydrogens (tertiary/aromatic N) is 2. The van der Waals surface area contributed by atoms with Crippen molar-refractivity contribution in [3.63, 3.8) is 0 Å². The maximum atomic E-state index is 12.5. The highest BCUT2D eigenvalue weighted by molar-refractivity contribution is 8.18. The first-order valence-corrected chi connectivity index (χ1v) is 10.8. The number of aromatic nitrogens is 1. The van der Waals surface area contributed by atoms with Crippen LogP contribution in [0.3, 0.4) is 0 Å². The third-order valence-electron chi connectivity index (χ3n) is 4.93. The van der Waals surface area contributed by atoms with Crippen LogP contribution in [0.2, 0.25) is 5.02 Å². The molecular weight excluding hydrogens is 414 g/mol. The number of benzene rings is 2. The van der Waals surface area contributed by atoms with Gasteiger partial charge >= 0.3 is 0 Å². The number of hydrogen-bond donors (Lipinski definition) is 1. The van der Waals surface area contributed by atoms with E-state index in [-0.39, 0.29) is 5.91 Å². The molecule has 0 saturated carbocycles. The van der Waals surface area contributed by atoms with E-state index in [0.717, 1.165) is 39.5 Å². The van der Waals surface area contributed by atoms with Gasteiger partial charge in [0.15, 0.2) is 5.17 Å². The van der Waals surface area contributed by atoms with E-state index in [4.69, 9.17) is 11.6 Å². The second-order valence-corrected chi connectivity index (χ2v) is 8.93. The standard InChI is InChI=1S/C24H22ClN3OS/c1-14-9-15(2)11-20(10-14)26-24-27-23(29)22(30-24)13-18-12-16(3)28(17(18)4)21-7-5-19(25)6-8-21/h5-13H,1-4H3,(H,26,27,29)/b22-13-. The molecule has 0 atom stereocenters. The highest BCUT2D eigenvalue weighted by atomic mass is 35.5. The van der Waals surface area contributed by atoms with E-state index < -0.39 is 0 Å². The molecular formula is C24H22ClN3OS. The molecule has 0 unspecified atom stereocenters. The van der Waals surface area contributed by atoms with Gasteiger partial charge in [-0.05, 0) is 105 Å². The molecule has 1 aromatic heterocycles. The minimum atomic E-state index is -0.126. The van der Waals surface area contributed by atoms with Gasteiger partial charge in [0.2, 0.25) is 0 Å². The summed E-state index contributed by atoms with van der Waals surface area (Å²) >= 11 is 7.39. The molecule has 1 N–H and O–H groups in total. The molecule has 3 aromatic rings. The van der Waals surface area contributed by atoms with E-state index in [1.807, 2.05) is 56.3 Å². The van der Waals surface area contributed by atoms with Gasteiger partial charge in [-0.3, -0.25) is 4.79 Å². The van der Waals surface area contributed by atoms with Crippen LogP contribution in [-0.4, -0.2) is 15.6 Å². The lowest BCUT2D eigenvalue weighted by atomic mass is 10.1. The maximum Gasteiger partial charge on any atom is 0.264 e. The van der Waals surface area contributed by atoms with Crippen LogP contribution in [0.15, 0.2) is 58.4 Å². The van der Waals surface area contributed by atoms with Crippen LogP contribution >= 0.6 is 23.4 Å².